The first-order chi connectivity index (χ1) is 16.6. The highest BCUT2D eigenvalue weighted by Gasteiger charge is 2.37. The van der Waals surface area contributed by atoms with Gasteiger partial charge in [-0.1, -0.05) is 84.1 Å². The molecule has 5 rings (SSSR count). The molecule has 0 radical (unpaired) electrons. The maximum Gasteiger partial charge on any atom is 0.236 e. The number of fused-ring (bicyclic) bond motifs is 1. The predicted octanol–water partition coefficient (Wildman–Crippen LogP) is 4.34. The zero-order valence-corrected chi connectivity index (χ0v) is 19.8. The van der Waals surface area contributed by atoms with Gasteiger partial charge in [0.1, 0.15) is 11.0 Å². The van der Waals surface area contributed by atoms with Crippen LogP contribution in [0.15, 0.2) is 84.0 Å². The summed E-state index contributed by atoms with van der Waals surface area (Å²) in [7, 11) is 1.64. The number of aryl methyl sites for hydroxylation is 1. The van der Waals surface area contributed by atoms with Crippen molar-refractivity contribution in [3.63, 3.8) is 0 Å². The smallest absolute Gasteiger partial charge is 0.236 e. The summed E-state index contributed by atoms with van der Waals surface area (Å²) in [4.78, 5) is 13.4. The van der Waals surface area contributed by atoms with E-state index in [0.717, 1.165) is 28.3 Å². The average Bonchev–Trinajstić information content (AvgIpc) is 3.31. The number of hydrogen-bond donors (Lipinski definition) is 2. The van der Waals surface area contributed by atoms with Crippen molar-refractivity contribution in [3.05, 3.63) is 95.6 Å². The minimum atomic E-state index is -0.415. The first-order valence-corrected chi connectivity index (χ1v) is 11.9. The Morgan fingerprint density at radius 1 is 1.03 bits per heavy atom. The van der Waals surface area contributed by atoms with E-state index in [-0.39, 0.29) is 11.9 Å². The summed E-state index contributed by atoms with van der Waals surface area (Å²) in [5.41, 5.74) is 7.68. The van der Waals surface area contributed by atoms with Gasteiger partial charge in [0.05, 0.1) is 13.2 Å². The molecule has 1 amide bonds. The van der Waals surface area contributed by atoms with Gasteiger partial charge in [0.25, 0.3) is 0 Å². The summed E-state index contributed by atoms with van der Waals surface area (Å²) in [5, 5.41) is 12.1. The maximum absolute atomic E-state index is 13.4. The Balaban J connectivity index is 1.42. The Hall–Kier alpha value is -3.78. The normalized spacial score (nSPS) is 16.9. The molecule has 2 heterocycles. The van der Waals surface area contributed by atoms with Gasteiger partial charge in [0.2, 0.25) is 11.1 Å². The van der Waals surface area contributed by atoms with Gasteiger partial charge >= 0.3 is 0 Å². The number of methoxy groups -OCH3 is 1. The zero-order valence-electron chi connectivity index (χ0n) is 18.9. The molecule has 1 aliphatic heterocycles. The molecule has 1 aromatic heterocycles. The monoisotopic (exact) mass is 471 g/mol. The summed E-state index contributed by atoms with van der Waals surface area (Å²) in [6.07, 6.45) is 0. The van der Waals surface area contributed by atoms with Crippen LogP contribution in [0.2, 0.25) is 0 Å². The third-order valence-corrected chi connectivity index (χ3v) is 7.00. The van der Waals surface area contributed by atoms with Crippen molar-refractivity contribution in [1.29, 1.82) is 0 Å². The fraction of sp³-hybridized carbons (Fsp3) is 0.192. The van der Waals surface area contributed by atoms with Crippen molar-refractivity contribution in [2.75, 3.05) is 12.5 Å². The van der Waals surface area contributed by atoms with Crippen LogP contribution in [0.1, 0.15) is 22.7 Å². The van der Waals surface area contributed by atoms with Crippen LogP contribution in [-0.4, -0.2) is 33.1 Å². The number of ether oxygens (including phenoxy) is 1. The third kappa shape index (κ3) is 4.49. The number of carbonyl (C=O) groups excluding carboxylic acids is 1. The molecule has 2 atom stereocenters. The molecule has 2 N–H and O–H groups in total. The molecule has 4 aromatic rings. The van der Waals surface area contributed by atoms with Gasteiger partial charge in [-0.2, -0.15) is 0 Å². The molecule has 3 aromatic carbocycles. The predicted molar refractivity (Wildman–Crippen MR) is 133 cm³/mol. The number of hydrogen-bond acceptors (Lipinski definition) is 6. The van der Waals surface area contributed by atoms with Gasteiger partial charge in [0, 0.05) is 12.1 Å². The molecular weight excluding hydrogens is 446 g/mol. The molecule has 0 spiro atoms. The highest BCUT2D eigenvalue weighted by Crippen LogP contribution is 2.38. The summed E-state index contributed by atoms with van der Waals surface area (Å²) in [6.45, 7) is 2.49. The largest absolute Gasteiger partial charge is 0.497 e. The Bertz CT molecular complexity index is 1270. The van der Waals surface area contributed by atoms with E-state index in [0.29, 0.717) is 11.7 Å². The van der Waals surface area contributed by atoms with E-state index in [1.54, 1.807) is 7.11 Å². The van der Waals surface area contributed by atoms with Gasteiger partial charge in [-0.15, -0.1) is 10.2 Å². The Labute approximate surface area is 202 Å². The SMILES string of the molecule is COc1ccc(CNC(=O)C2Sc3nnc(-c4ccccc4)n3NC2c2ccc(C)cc2)cc1. The lowest BCUT2D eigenvalue weighted by molar-refractivity contribution is -0.121. The van der Waals surface area contributed by atoms with Crippen LogP contribution < -0.4 is 15.5 Å². The fourth-order valence-corrected chi connectivity index (χ4v) is 4.99. The second-order valence-electron chi connectivity index (χ2n) is 8.13. The van der Waals surface area contributed by atoms with Gasteiger partial charge in [-0.25, -0.2) is 4.68 Å². The van der Waals surface area contributed by atoms with E-state index in [1.165, 1.54) is 17.3 Å². The van der Waals surface area contributed by atoms with Crippen molar-refractivity contribution < 1.29 is 9.53 Å². The van der Waals surface area contributed by atoms with Gasteiger partial charge in [0.15, 0.2) is 5.82 Å². The Kier molecular flexibility index (Phi) is 6.22. The van der Waals surface area contributed by atoms with Gasteiger partial charge < -0.3 is 15.5 Å². The zero-order chi connectivity index (χ0) is 23.5. The molecule has 0 saturated heterocycles. The molecule has 1 aliphatic rings. The fourth-order valence-electron chi connectivity index (χ4n) is 3.89. The highest BCUT2D eigenvalue weighted by molar-refractivity contribution is 8.00. The standard InChI is InChI=1S/C26H25N5O2S/c1-17-8-12-19(13-9-17)22-23(25(32)27-16-18-10-14-21(33-2)15-11-18)34-26-29-28-24(31(26)30-22)20-6-4-3-5-7-20/h3-15,22-23,30H,16H2,1-2H3,(H,27,32). The molecule has 2 unspecified atom stereocenters. The Morgan fingerprint density at radius 2 is 1.76 bits per heavy atom. The minimum Gasteiger partial charge on any atom is -0.497 e. The number of benzene rings is 3. The number of rotatable bonds is 6. The van der Waals surface area contributed by atoms with E-state index >= 15 is 0 Å². The molecule has 0 fully saturated rings. The molecule has 34 heavy (non-hydrogen) atoms. The molecule has 0 saturated carbocycles. The van der Waals surface area contributed by atoms with Crippen molar-refractivity contribution in [1.82, 2.24) is 20.2 Å². The summed E-state index contributed by atoms with van der Waals surface area (Å²) < 4.78 is 7.10. The molecule has 172 valence electrons. The maximum atomic E-state index is 13.4. The first-order valence-electron chi connectivity index (χ1n) is 11.0. The molecule has 8 heteroatoms. The van der Waals surface area contributed by atoms with Crippen LogP contribution >= 0.6 is 11.8 Å². The number of thioether (sulfide) groups is 1. The van der Waals surface area contributed by atoms with E-state index in [1.807, 2.05) is 59.3 Å². The topological polar surface area (TPSA) is 81.1 Å². The van der Waals surface area contributed by atoms with Crippen LogP contribution in [0.3, 0.4) is 0 Å². The van der Waals surface area contributed by atoms with E-state index < -0.39 is 5.25 Å². The first kappa shape index (κ1) is 22.0. The Morgan fingerprint density at radius 3 is 2.47 bits per heavy atom. The molecular formula is C26H25N5O2S. The number of amides is 1. The lowest BCUT2D eigenvalue weighted by Crippen LogP contribution is -2.43. The number of nitrogens with one attached hydrogen (secondary N) is 2. The summed E-state index contributed by atoms with van der Waals surface area (Å²) >= 11 is 1.42. The lowest BCUT2D eigenvalue weighted by Gasteiger charge is -2.33. The number of aromatic nitrogens is 3. The second kappa shape index (κ2) is 9.61. The quantitative estimate of drug-likeness (QED) is 0.436. The van der Waals surface area contributed by atoms with Crippen molar-refractivity contribution in [2.45, 2.75) is 29.9 Å². The van der Waals surface area contributed by atoms with E-state index in [2.05, 4.69) is 52.1 Å². The second-order valence-corrected chi connectivity index (χ2v) is 9.24. The van der Waals surface area contributed by atoms with Crippen molar-refractivity contribution in [3.8, 4) is 17.1 Å². The van der Waals surface area contributed by atoms with Crippen LogP contribution in [0.4, 0.5) is 0 Å². The summed E-state index contributed by atoms with van der Waals surface area (Å²) in [5.74, 6) is 1.45. The average molecular weight is 472 g/mol. The van der Waals surface area contributed by atoms with Gasteiger partial charge in [-0.3, -0.25) is 4.79 Å². The molecule has 0 aliphatic carbocycles. The third-order valence-electron chi connectivity index (χ3n) is 5.79. The number of carbonyl (C=O) groups is 1. The molecule has 7 nitrogen and oxygen atoms in total. The van der Waals surface area contributed by atoms with E-state index in [9.17, 15) is 4.79 Å². The summed E-state index contributed by atoms with van der Waals surface area (Å²) in [6, 6.07) is 25.6. The number of nitrogens with zero attached hydrogens (tertiary/aromatic N) is 3. The van der Waals surface area contributed by atoms with Crippen molar-refractivity contribution in [2.24, 2.45) is 0 Å². The van der Waals surface area contributed by atoms with Gasteiger partial charge in [-0.05, 0) is 30.2 Å². The van der Waals surface area contributed by atoms with Crippen LogP contribution in [0.5, 0.6) is 5.75 Å². The van der Waals surface area contributed by atoms with Crippen LogP contribution in [0, 0.1) is 6.92 Å². The minimum absolute atomic E-state index is 0.0607. The van der Waals surface area contributed by atoms with E-state index in [4.69, 9.17) is 4.74 Å². The molecule has 0 bridgehead atoms. The van der Waals surface area contributed by atoms with Crippen LogP contribution in [0.25, 0.3) is 11.4 Å². The lowest BCUT2D eigenvalue weighted by atomic mass is 10.0. The van der Waals surface area contributed by atoms with Crippen LogP contribution in [-0.2, 0) is 11.3 Å². The highest BCUT2D eigenvalue weighted by atomic mass is 32.2. The van der Waals surface area contributed by atoms with Crippen molar-refractivity contribution >= 4 is 17.7 Å².